The van der Waals surface area contributed by atoms with Gasteiger partial charge in [-0.15, -0.1) is 0 Å². The molecule has 1 saturated heterocycles. The second-order valence-electron chi connectivity index (χ2n) is 4.74. The normalized spacial score (nSPS) is 14.3. The predicted molar refractivity (Wildman–Crippen MR) is 83.3 cm³/mol. The molecule has 0 atom stereocenters. The van der Waals surface area contributed by atoms with Gasteiger partial charge in [0.05, 0.1) is 11.4 Å². The van der Waals surface area contributed by atoms with Crippen LogP contribution in [0.2, 0.25) is 0 Å². The monoisotopic (exact) mass is 331 g/mol. The molecule has 1 aliphatic rings. The second-order valence-corrected chi connectivity index (χ2v) is 5.67. The lowest BCUT2D eigenvalue weighted by Crippen LogP contribution is -2.37. The van der Waals surface area contributed by atoms with Crippen LogP contribution < -0.4 is 5.32 Å². The number of imide groups is 1. The van der Waals surface area contributed by atoms with E-state index in [1.54, 1.807) is 35.3 Å². The predicted octanol–water partition coefficient (Wildman–Crippen LogP) is 0.693. The number of nitrogens with zero attached hydrogens (tertiary/aromatic N) is 4. The molecule has 0 unspecified atom stereocenters. The van der Waals surface area contributed by atoms with Gasteiger partial charge in [-0.25, -0.2) is 9.67 Å². The van der Waals surface area contributed by atoms with Crippen molar-refractivity contribution < 1.29 is 14.4 Å². The van der Waals surface area contributed by atoms with Gasteiger partial charge in [-0.1, -0.05) is 11.8 Å². The summed E-state index contributed by atoms with van der Waals surface area (Å²) in [6, 6.07) is 6.87. The highest BCUT2D eigenvalue weighted by atomic mass is 32.2. The molecule has 3 rings (SSSR count). The zero-order chi connectivity index (χ0) is 16.2. The molecule has 0 radical (unpaired) electrons. The smallest absolute Gasteiger partial charge is 0.288 e. The van der Waals surface area contributed by atoms with Crippen LogP contribution in [0.1, 0.15) is 10.4 Å². The minimum absolute atomic E-state index is 0.177. The molecule has 0 bridgehead atoms. The number of amides is 3. The van der Waals surface area contributed by atoms with E-state index < -0.39 is 0 Å². The fourth-order valence-corrected chi connectivity index (χ4v) is 2.84. The molecule has 0 saturated carbocycles. The third-order valence-electron chi connectivity index (χ3n) is 3.27. The number of rotatable bonds is 5. The van der Waals surface area contributed by atoms with E-state index in [0.29, 0.717) is 5.56 Å². The van der Waals surface area contributed by atoms with Crippen molar-refractivity contribution in [2.75, 3.05) is 18.8 Å². The van der Waals surface area contributed by atoms with Gasteiger partial charge in [0.15, 0.2) is 0 Å². The molecule has 1 N–H and O–H groups in total. The van der Waals surface area contributed by atoms with Gasteiger partial charge in [-0.3, -0.25) is 19.3 Å². The van der Waals surface area contributed by atoms with Crippen LogP contribution in [0.4, 0.5) is 4.79 Å². The quantitative estimate of drug-likeness (QED) is 0.866. The molecule has 2 heterocycles. The van der Waals surface area contributed by atoms with E-state index in [1.165, 1.54) is 6.33 Å². The largest absolute Gasteiger partial charge is 0.350 e. The Bertz CT molecular complexity index is 713. The van der Waals surface area contributed by atoms with Crippen LogP contribution >= 0.6 is 11.8 Å². The highest BCUT2D eigenvalue weighted by molar-refractivity contribution is 8.14. The maximum absolute atomic E-state index is 12.0. The topological polar surface area (TPSA) is 97.2 Å². The lowest BCUT2D eigenvalue weighted by atomic mass is 10.2. The number of nitrogens with one attached hydrogen (secondary N) is 1. The standard InChI is InChI=1S/C14H13N5O3S/c20-12-7-23-14(22)18(12)6-5-16-13(21)10-1-3-11(4-2-10)19-9-15-8-17-19/h1-4,8-9H,5-7H2,(H,16,21). The van der Waals surface area contributed by atoms with E-state index in [-0.39, 0.29) is 35.9 Å². The van der Waals surface area contributed by atoms with Crippen LogP contribution in [0.25, 0.3) is 5.69 Å². The number of carbonyl (C=O) groups is 3. The Morgan fingerprint density at radius 2 is 2.04 bits per heavy atom. The van der Waals surface area contributed by atoms with Crippen LogP contribution in [0.15, 0.2) is 36.9 Å². The van der Waals surface area contributed by atoms with Crippen molar-refractivity contribution in [3.63, 3.8) is 0 Å². The van der Waals surface area contributed by atoms with Crippen LogP contribution in [0.5, 0.6) is 0 Å². The molecule has 1 aliphatic heterocycles. The van der Waals surface area contributed by atoms with Crippen molar-refractivity contribution >= 4 is 28.8 Å². The average Bonchev–Trinajstić information content (AvgIpc) is 3.20. The lowest BCUT2D eigenvalue weighted by molar-refractivity contribution is -0.124. The van der Waals surface area contributed by atoms with Gasteiger partial charge in [0.2, 0.25) is 5.91 Å². The first-order chi connectivity index (χ1) is 11.1. The molecule has 23 heavy (non-hydrogen) atoms. The molecular weight excluding hydrogens is 318 g/mol. The molecule has 1 aromatic carbocycles. The van der Waals surface area contributed by atoms with E-state index in [9.17, 15) is 14.4 Å². The summed E-state index contributed by atoms with van der Waals surface area (Å²) in [6.45, 7) is 0.412. The summed E-state index contributed by atoms with van der Waals surface area (Å²) >= 11 is 0.980. The van der Waals surface area contributed by atoms with Gasteiger partial charge in [0.25, 0.3) is 11.1 Å². The van der Waals surface area contributed by atoms with Crippen molar-refractivity contribution in [1.82, 2.24) is 25.0 Å². The summed E-state index contributed by atoms with van der Waals surface area (Å²) in [5, 5.41) is 6.43. The summed E-state index contributed by atoms with van der Waals surface area (Å²) < 4.78 is 1.59. The molecule has 9 heteroatoms. The number of thioether (sulfide) groups is 1. The minimum atomic E-state index is -0.263. The Labute approximate surface area is 135 Å². The van der Waals surface area contributed by atoms with Gasteiger partial charge in [0.1, 0.15) is 12.7 Å². The van der Waals surface area contributed by atoms with Gasteiger partial charge in [-0.2, -0.15) is 5.10 Å². The third kappa shape index (κ3) is 3.39. The van der Waals surface area contributed by atoms with Crippen molar-refractivity contribution in [1.29, 1.82) is 0 Å². The van der Waals surface area contributed by atoms with Crippen molar-refractivity contribution in [2.45, 2.75) is 0 Å². The Morgan fingerprint density at radius 1 is 1.26 bits per heavy atom. The van der Waals surface area contributed by atoms with Crippen LogP contribution in [-0.2, 0) is 4.79 Å². The summed E-state index contributed by atoms with van der Waals surface area (Å²) in [5.41, 5.74) is 1.28. The number of benzene rings is 1. The highest BCUT2D eigenvalue weighted by Gasteiger charge is 2.29. The number of carbonyl (C=O) groups excluding carboxylic acids is 3. The Kier molecular flexibility index (Phi) is 4.38. The van der Waals surface area contributed by atoms with Crippen LogP contribution in [-0.4, -0.2) is 55.6 Å². The summed E-state index contributed by atoms with van der Waals surface area (Å²) in [4.78, 5) is 39.9. The third-order valence-corrected chi connectivity index (χ3v) is 4.13. The van der Waals surface area contributed by atoms with E-state index in [1.807, 2.05) is 0 Å². The molecule has 2 aromatic rings. The zero-order valence-electron chi connectivity index (χ0n) is 12.0. The molecule has 1 aromatic heterocycles. The average molecular weight is 331 g/mol. The van der Waals surface area contributed by atoms with E-state index >= 15 is 0 Å². The zero-order valence-corrected chi connectivity index (χ0v) is 12.8. The first-order valence-corrected chi connectivity index (χ1v) is 7.84. The first kappa shape index (κ1) is 15.2. The molecule has 8 nitrogen and oxygen atoms in total. The first-order valence-electron chi connectivity index (χ1n) is 6.85. The summed E-state index contributed by atoms with van der Waals surface area (Å²) in [7, 11) is 0. The highest BCUT2D eigenvalue weighted by Crippen LogP contribution is 2.17. The number of hydrogen-bond donors (Lipinski definition) is 1. The van der Waals surface area contributed by atoms with Crippen molar-refractivity contribution in [3.8, 4) is 5.69 Å². The minimum Gasteiger partial charge on any atom is -0.350 e. The van der Waals surface area contributed by atoms with Gasteiger partial charge < -0.3 is 5.32 Å². The van der Waals surface area contributed by atoms with E-state index in [4.69, 9.17) is 0 Å². The molecule has 1 fully saturated rings. The molecule has 3 amide bonds. The van der Waals surface area contributed by atoms with Crippen LogP contribution in [0, 0.1) is 0 Å². The van der Waals surface area contributed by atoms with Gasteiger partial charge in [-0.05, 0) is 24.3 Å². The summed E-state index contributed by atoms with van der Waals surface area (Å²) in [6.07, 6.45) is 3.00. The number of aromatic nitrogens is 3. The lowest BCUT2D eigenvalue weighted by Gasteiger charge is -2.13. The Morgan fingerprint density at radius 3 is 2.65 bits per heavy atom. The maximum Gasteiger partial charge on any atom is 0.288 e. The summed E-state index contributed by atoms with van der Waals surface area (Å²) in [5.74, 6) is -0.301. The van der Waals surface area contributed by atoms with E-state index in [2.05, 4.69) is 15.4 Å². The fraction of sp³-hybridized carbons (Fsp3) is 0.214. The van der Waals surface area contributed by atoms with Gasteiger partial charge >= 0.3 is 0 Å². The Hall–Kier alpha value is -2.68. The Balaban J connectivity index is 1.54. The van der Waals surface area contributed by atoms with Crippen molar-refractivity contribution in [3.05, 3.63) is 42.5 Å². The van der Waals surface area contributed by atoms with E-state index in [0.717, 1.165) is 22.3 Å². The van der Waals surface area contributed by atoms with Gasteiger partial charge in [0, 0.05) is 18.7 Å². The molecule has 0 aliphatic carbocycles. The SMILES string of the molecule is O=C(NCCN1C(=O)CSC1=O)c1ccc(-n2cncn2)cc1. The van der Waals surface area contributed by atoms with Crippen LogP contribution in [0.3, 0.4) is 0 Å². The fourth-order valence-electron chi connectivity index (χ4n) is 2.09. The number of hydrogen-bond acceptors (Lipinski definition) is 6. The molecular formula is C14H13N5O3S. The molecule has 0 spiro atoms. The second kappa shape index (κ2) is 6.61. The molecule has 118 valence electrons. The maximum atomic E-state index is 12.0. The van der Waals surface area contributed by atoms with Crippen molar-refractivity contribution in [2.24, 2.45) is 0 Å².